The predicted molar refractivity (Wildman–Crippen MR) is 91.1 cm³/mol. The molecular weight excluding hydrogens is 286 g/mol. The fraction of sp³-hybridized carbons (Fsp3) is 0.158. The van der Waals surface area contributed by atoms with E-state index in [0.717, 1.165) is 29.0 Å². The molecule has 2 heterocycles. The Morgan fingerprint density at radius 2 is 1.87 bits per heavy atom. The first-order valence-corrected chi connectivity index (χ1v) is 7.60. The van der Waals surface area contributed by atoms with Crippen molar-refractivity contribution in [1.82, 2.24) is 4.57 Å². The molecule has 3 aromatic rings. The summed E-state index contributed by atoms with van der Waals surface area (Å²) in [7, 11) is 0. The Balaban J connectivity index is 1.95. The molecule has 0 amide bonds. The first-order chi connectivity index (χ1) is 11.2. The summed E-state index contributed by atoms with van der Waals surface area (Å²) in [5, 5.41) is 11.5. The van der Waals surface area contributed by atoms with Crippen LogP contribution in [-0.2, 0) is 6.54 Å². The molecule has 4 rings (SSSR count). The van der Waals surface area contributed by atoms with Gasteiger partial charge in [0.05, 0.1) is 5.69 Å². The molecule has 23 heavy (non-hydrogen) atoms. The van der Waals surface area contributed by atoms with Crippen molar-refractivity contribution in [2.75, 3.05) is 11.4 Å². The number of benzene rings is 2. The van der Waals surface area contributed by atoms with E-state index in [1.807, 2.05) is 37.3 Å². The molecular formula is C19H15N3O. The van der Waals surface area contributed by atoms with Gasteiger partial charge in [-0.05, 0) is 30.0 Å². The van der Waals surface area contributed by atoms with Gasteiger partial charge in [0.25, 0.3) is 5.56 Å². The van der Waals surface area contributed by atoms with E-state index in [0.29, 0.717) is 6.54 Å². The molecule has 112 valence electrons. The van der Waals surface area contributed by atoms with Crippen molar-refractivity contribution in [3.05, 3.63) is 70.0 Å². The Morgan fingerprint density at radius 1 is 1.09 bits per heavy atom. The van der Waals surface area contributed by atoms with Gasteiger partial charge in [-0.25, -0.2) is 0 Å². The molecule has 2 aromatic carbocycles. The van der Waals surface area contributed by atoms with Crippen LogP contribution in [0.3, 0.4) is 0 Å². The van der Waals surface area contributed by atoms with E-state index in [1.165, 1.54) is 5.39 Å². The third kappa shape index (κ3) is 1.94. The second kappa shape index (κ2) is 4.99. The number of aryl methyl sites for hydroxylation is 1. The van der Waals surface area contributed by atoms with Crippen LogP contribution in [0.5, 0.6) is 0 Å². The highest BCUT2D eigenvalue weighted by molar-refractivity contribution is 5.96. The van der Waals surface area contributed by atoms with Crippen molar-refractivity contribution in [1.29, 1.82) is 5.26 Å². The number of nitriles is 1. The van der Waals surface area contributed by atoms with Crippen LogP contribution in [0, 0.1) is 18.3 Å². The number of hydrogen-bond donors (Lipinski definition) is 0. The normalized spacial score (nSPS) is 13.1. The van der Waals surface area contributed by atoms with Crippen molar-refractivity contribution in [3.63, 3.8) is 0 Å². The standard InChI is InChI=1S/C19H15N3O/c1-13-11-18-21(9-10-22(18)19(23)16(13)12-20)17-8-4-6-14-5-2-3-7-15(14)17/h2-8,11H,9-10H2,1H3. The highest BCUT2D eigenvalue weighted by Gasteiger charge is 2.24. The van der Waals surface area contributed by atoms with Crippen LogP contribution in [0.25, 0.3) is 10.8 Å². The summed E-state index contributed by atoms with van der Waals surface area (Å²) in [6.45, 7) is 3.16. The second-order valence-corrected chi connectivity index (χ2v) is 5.78. The van der Waals surface area contributed by atoms with Crippen LogP contribution in [-0.4, -0.2) is 11.1 Å². The number of pyridine rings is 1. The van der Waals surface area contributed by atoms with Crippen molar-refractivity contribution < 1.29 is 0 Å². The third-order valence-corrected chi connectivity index (χ3v) is 4.47. The Kier molecular flexibility index (Phi) is 2.95. The van der Waals surface area contributed by atoms with E-state index in [-0.39, 0.29) is 11.1 Å². The van der Waals surface area contributed by atoms with Crippen molar-refractivity contribution in [2.24, 2.45) is 0 Å². The molecule has 1 aliphatic rings. The SMILES string of the molecule is Cc1cc2n(c(=O)c1C#N)CCN2c1cccc2ccccc12. The quantitative estimate of drug-likeness (QED) is 0.692. The maximum atomic E-state index is 12.5. The van der Waals surface area contributed by atoms with Gasteiger partial charge in [0, 0.05) is 18.5 Å². The number of fused-ring (bicyclic) bond motifs is 2. The van der Waals surface area contributed by atoms with E-state index in [4.69, 9.17) is 0 Å². The van der Waals surface area contributed by atoms with E-state index in [9.17, 15) is 10.1 Å². The summed E-state index contributed by atoms with van der Waals surface area (Å²) in [5.74, 6) is 0.864. The molecule has 4 heteroatoms. The van der Waals surface area contributed by atoms with Gasteiger partial charge in [-0.15, -0.1) is 0 Å². The van der Waals surface area contributed by atoms with Crippen molar-refractivity contribution in [3.8, 4) is 6.07 Å². The lowest BCUT2D eigenvalue weighted by Crippen LogP contribution is -2.22. The van der Waals surface area contributed by atoms with Gasteiger partial charge in [0.1, 0.15) is 17.5 Å². The minimum absolute atomic E-state index is 0.190. The van der Waals surface area contributed by atoms with E-state index >= 15 is 0 Å². The van der Waals surface area contributed by atoms with Crippen LogP contribution in [0.4, 0.5) is 11.5 Å². The largest absolute Gasteiger partial charge is 0.325 e. The van der Waals surface area contributed by atoms with Crippen LogP contribution in [0.1, 0.15) is 11.1 Å². The highest BCUT2D eigenvalue weighted by Crippen LogP contribution is 2.34. The molecule has 0 atom stereocenters. The molecule has 0 saturated carbocycles. The van der Waals surface area contributed by atoms with Gasteiger partial charge in [-0.3, -0.25) is 9.36 Å². The fourth-order valence-corrected chi connectivity index (χ4v) is 3.33. The zero-order valence-electron chi connectivity index (χ0n) is 12.8. The lowest BCUT2D eigenvalue weighted by molar-refractivity contribution is 0.763. The molecule has 1 aromatic heterocycles. The van der Waals surface area contributed by atoms with Crippen LogP contribution < -0.4 is 10.5 Å². The minimum atomic E-state index is -0.190. The molecule has 0 fully saturated rings. The van der Waals surface area contributed by atoms with Gasteiger partial charge < -0.3 is 4.90 Å². The summed E-state index contributed by atoms with van der Waals surface area (Å²) in [4.78, 5) is 14.6. The van der Waals surface area contributed by atoms with Crippen LogP contribution in [0.2, 0.25) is 0 Å². The first-order valence-electron chi connectivity index (χ1n) is 7.60. The molecule has 0 unspecified atom stereocenters. The Morgan fingerprint density at radius 3 is 2.70 bits per heavy atom. The third-order valence-electron chi connectivity index (χ3n) is 4.47. The number of rotatable bonds is 1. The lowest BCUT2D eigenvalue weighted by atomic mass is 10.1. The molecule has 0 N–H and O–H groups in total. The molecule has 4 nitrogen and oxygen atoms in total. The minimum Gasteiger partial charge on any atom is -0.325 e. The molecule has 0 saturated heterocycles. The van der Waals surface area contributed by atoms with Gasteiger partial charge in [0.15, 0.2) is 0 Å². The van der Waals surface area contributed by atoms with Crippen LogP contribution in [0.15, 0.2) is 53.3 Å². The lowest BCUT2D eigenvalue weighted by Gasteiger charge is -2.21. The molecule has 1 aliphatic heterocycles. The summed E-state index contributed by atoms with van der Waals surface area (Å²) in [6.07, 6.45) is 0. The first kappa shape index (κ1) is 13.6. The molecule has 0 radical (unpaired) electrons. The zero-order valence-corrected chi connectivity index (χ0v) is 12.8. The maximum absolute atomic E-state index is 12.5. The number of anilines is 2. The molecule has 0 spiro atoms. The fourth-order valence-electron chi connectivity index (χ4n) is 3.33. The summed E-state index contributed by atoms with van der Waals surface area (Å²) < 4.78 is 1.70. The van der Waals surface area contributed by atoms with Gasteiger partial charge in [-0.2, -0.15) is 5.26 Å². The van der Waals surface area contributed by atoms with Crippen molar-refractivity contribution >= 4 is 22.3 Å². The van der Waals surface area contributed by atoms with Gasteiger partial charge >= 0.3 is 0 Å². The maximum Gasteiger partial charge on any atom is 0.270 e. The number of aromatic nitrogens is 1. The average molecular weight is 301 g/mol. The Hall–Kier alpha value is -3.06. The average Bonchev–Trinajstić information content (AvgIpc) is 2.98. The van der Waals surface area contributed by atoms with E-state index in [1.54, 1.807) is 4.57 Å². The number of hydrogen-bond acceptors (Lipinski definition) is 3. The van der Waals surface area contributed by atoms with Crippen LogP contribution >= 0.6 is 0 Å². The summed E-state index contributed by atoms with van der Waals surface area (Å²) in [5.41, 5.74) is 1.88. The molecule has 0 aliphatic carbocycles. The zero-order chi connectivity index (χ0) is 16.0. The highest BCUT2D eigenvalue weighted by atomic mass is 16.1. The summed E-state index contributed by atoms with van der Waals surface area (Å²) in [6, 6.07) is 18.4. The Bertz CT molecular complexity index is 1020. The summed E-state index contributed by atoms with van der Waals surface area (Å²) >= 11 is 0. The predicted octanol–water partition coefficient (Wildman–Crippen LogP) is 3.33. The number of nitrogens with zero attached hydrogens (tertiary/aromatic N) is 3. The molecule has 0 bridgehead atoms. The smallest absolute Gasteiger partial charge is 0.270 e. The van der Waals surface area contributed by atoms with Gasteiger partial charge in [-0.1, -0.05) is 36.4 Å². The second-order valence-electron chi connectivity index (χ2n) is 5.78. The van der Waals surface area contributed by atoms with E-state index < -0.39 is 0 Å². The van der Waals surface area contributed by atoms with E-state index in [2.05, 4.69) is 29.2 Å². The monoisotopic (exact) mass is 301 g/mol. The van der Waals surface area contributed by atoms with Gasteiger partial charge in [0.2, 0.25) is 0 Å². The van der Waals surface area contributed by atoms with Crippen molar-refractivity contribution in [2.45, 2.75) is 13.5 Å². The topological polar surface area (TPSA) is 49.0 Å². The Labute approximate surface area is 133 Å².